The summed E-state index contributed by atoms with van der Waals surface area (Å²) in [5.41, 5.74) is -0.943. The Bertz CT molecular complexity index is 345. The third-order valence-electron chi connectivity index (χ3n) is 1.63. The lowest BCUT2D eigenvalue weighted by Crippen LogP contribution is -2.16. The van der Waals surface area contributed by atoms with Gasteiger partial charge in [-0.15, -0.1) is 0 Å². The van der Waals surface area contributed by atoms with Crippen molar-refractivity contribution in [3.63, 3.8) is 0 Å². The van der Waals surface area contributed by atoms with Crippen LogP contribution in [-0.4, -0.2) is 14.1 Å². The minimum atomic E-state index is -2.15. The topological polar surface area (TPSA) is 3.24 Å². The molecule has 78 valence electrons. The lowest BCUT2D eigenvalue weighted by Gasteiger charge is -2.15. The maximum absolute atomic E-state index is 12.9. The molecular weight excluding hydrogens is 205 g/mol. The van der Waals surface area contributed by atoms with Crippen molar-refractivity contribution in [1.82, 2.24) is 0 Å². The molecule has 0 aromatic heterocycles. The number of hydrogen-bond acceptors (Lipinski definition) is 1. The van der Waals surface area contributed by atoms with Gasteiger partial charge in [0.1, 0.15) is 5.69 Å². The van der Waals surface area contributed by atoms with E-state index >= 15 is 0 Å². The predicted molar refractivity (Wildman–Crippen MR) is 40.6 cm³/mol. The third-order valence-corrected chi connectivity index (χ3v) is 1.63. The predicted octanol–water partition coefficient (Wildman–Crippen LogP) is 2.45. The molecular formula is C8H6F5N. The van der Waals surface area contributed by atoms with Crippen LogP contribution < -0.4 is 4.90 Å². The Morgan fingerprint density at radius 1 is 0.643 bits per heavy atom. The van der Waals surface area contributed by atoms with E-state index in [1.807, 2.05) is 0 Å². The van der Waals surface area contributed by atoms with Gasteiger partial charge in [0.05, 0.1) is 0 Å². The Balaban J connectivity index is 3.60. The van der Waals surface area contributed by atoms with Crippen molar-refractivity contribution in [2.75, 3.05) is 19.0 Å². The van der Waals surface area contributed by atoms with E-state index in [2.05, 4.69) is 0 Å². The second-order valence-electron chi connectivity index (χ2n) is 2.81. The van der Waals surface area contributed by atoms with E-state index in [0.717, 1.165) is 4.90 Å². The monoisotopic (exact) mass is 211 g/mol. The zero-order valence-corrected chi connectivity index (χ0v) is 7.34. The van der Waals surface area contributed by atoms with Crippen LogP contribution in [0.2, 0.25) is 0 Å². The first-order valence-electron chi connectivity index (χ1n) is 3.56. The summed E-state index contributed by atoms with van der Waals surface area (Å²) >= 11 is 0. The molecule has 0 atom stereocenters. The van der Waals surface area contributed by atoms with E-state index in [9.17, 15) is 22.0 Å². The Morgan fingerprint density at radius 2 is 0.929 bits per heavy atom. The zero-order chi connectivity index (χ0) is 11.0. The minimum absolute atomic E-state index is 0.816. The summed E-state index contributed by atoms with van der Waals surface area (Å²) in [7, 11) is 2.36. The van der Waals surface area contributed by atoms with Crippen molar-refractivity contribution < 1.29 is 22.0 Å². The molecule has 0 spiro atoms. The molecule has 1 aromatic carbocycles. The first kappa shape index (κ1) is 10.7. The van der Waals surface area contributed by atoms with Gasteiger partial charge in [0, 0.05) is 14.1 Å². The Hall–Kier alpha value is -1.33. The average molecular weight is 211 g/mol. The molecule has 0 saturated heterocycles. The van der Waals surface area contributed by atoms with Gasteiger partial charge < -0.3 is 4.90 Å². The van der Waals surface area contributed by atoms with Crippen molar-refractivity contribution in [1.29, 1.82) is 0 Å². The van der Waals surface area contributed by atoms with Gasteiger partial charge in [-0.3, -0.25) is 0 Å². The van der Waals surface area contributed by atoms with E-state index in [-0.39, 0.29) is 0 Å². The second kappa shape index (κ2) is 3.43. The number of benzene rings is 1. The van der Waals surface area contributed by atoms with E-state index in [1.165, 1.54) is 14.1 Å². The summed E-state index contributed by atoms with van der Waals surface area (Å²) in [6.45, 7) is 0. The molecule has 0 fully saturated rings. The number of halogens is 5. The van der Waals surface area contributed by atoms with Gasteiger partial charge in [-0.25, -0.2) is 22.0 Å². The first-order chi connectivity index (χ1) is 6.37. The summed E-state index contributed by atoms with van der Waals surface area (Å²) in [5.74, 6) is -9.68. The molecule has 6 heteroatoms. The molecule has 14 heavy (non-hydrogen) atoms. The number of hydrogen-bond donors (Lipinski definition) is 0. The molecule has 1 aromatic rings. The van der Waals surface area contributed by atoms with Crippen LogP contribution in [0.1, 0.15) is 0 Å². The summed E-state index contributed by atoms with van der Waals surface area (Å²) in [6.07, 6.45) is 0. The van der Waals surface area contributed by atoms with E-state index < -0.39 is 34.8 Å². The summed E-state index contributed by atoms with van der Waals surface area (Å²) in [6, 6.07) is 0. The molecule has 0 aliphatic heterocycles. The van der Waals surface area contributed by atoms with Crippen LogP contribution >= 0.6 is 0 Å². The lowest BCUT2D eigenvalue weighted by atomic mass is 10.2. The van der Waals surface area contributed by atoms with Gasteiger partial charge in [0.2, 0.25) is 5.82 Å². The highest BCUT2D eigenvalue weighted by Crippen LogP contribution is 2.28. The largest absolute Gasteiger partial charge is 0.373 e. The summed E-state index contributed by atoms with van der Waals surface area (Å²) in [4.78, 5) is 0.816. The highest BCUT2D eigenvalue weighted by Gasteiger charge is 2.26. The maximum atomic E-state index is 12.9. The van der Waals surface area contributed by atoms with E-state index in [4.69, 9.17) is 0 Å². The lowest BCUT2D eigenvalue weighted by molar-refractivity contribution is 0.379. The fourth-order valence-electron chi connectivity index (χ4n) is 0.986. The highest BCUT2D eigenvalue weighted by molar-refractivity contribution is 5.49. The van der Waals surface area contributed by atoms with Crippen LogP contribution in [0.15, 0.2) is 0 Å². The molecule has 0 aliphatic carbocycles. The van der Waals surface area contributed by atoms with Gasteiger partial charge in [0.25, 0.3) is 0 Å². The number of rotatable bonds is 1. The fraction of sp³-hybridized carbons (Fsp3) is 0.250. The molecule has 0 unspecified atom stereocenters. The van der Waals surface area contributed by atoms with Gasteiger partial charge in [-0.2, -0.15) is 0 Å². The Labute approximate surface area is 76.7 Å². The molecule has 0 bridgehead atoms. The normalized spacial score (nSPS) is 10.5. The molecule has 1 rings (SSSR count). The number of nitrogens with zero attached hydrogens (tertiary/aromatic N) is 1. The van der Waals surface area contributed by atoms with Crippen molar-refractivity contribution in [3.8, 4) is 0 Å². The van der Waals surface area contributed by atoms with Crippen LogP contribution in [0.25, 0.3) is 0 Å². The molecule has 0 radical (unpaired) electrons. The molecule has 0 amide bonds. The van der Waals surface area contributed by atoms with Gasteiger partial charge in [0.15, 0.2) is 23.3 Å². The SMILES string of the molecule is CN(C)c1c(F)c(F)c(F)c(F)c1F. The van der Waals surface area contributed by atoms with Crippen molar-refractivity contribution in [3.05, 3.63) is 29.1 Å². The van der Waals surface area contributed by atoms with E-state index in [0.29, 0.717) is 0 Å². The minimum Gasteiger partial charge on any atom is -0.373 e. The van der Waals surface area contributed by atoms with Crippen molar-refractivity contribution in [2.45, 2.75) is 0 Å². The third kappa shape index (κ3) is 1.40. The molecule has 0 heterocycles. The molecule has 0 N–H and O–H groups in total. The quantitative estimate of drug-likeness (QED) is 0.392. The van der Waals surface area contributed by atoms with Crippen molar-refractivity contribution >= 4 is 5.69 Å². The molecule has 1 nitrogen and oxygen atoms in total. The highest BCUT2D eigenvalue weighted by atomic mass is 19.2. The molecule has 0 aliphatic rings. The number of anilines is 1. The smallest absolute Gasteiger partial charge is 0.200 e. The van der Waals surface area contributed by atoms with Crippen LogP contribution in [0.5, 0.6) is 0 Å². The fourth-order valence-corrected chi connectivity index (χ4v) is 0.986. The maximum Gasteiger partial charge on any atom is 0.200 e. The Morgan fingerprint density at radius 3 is 1.21 bits per heavy atom. The summed E-state index contributed by atoms with van der Waals surface area (Å²) in [5, 5.41) is 0. The second-order valence-corrected chi connectivity index (χ2v) is 2.81. The van der Waals surface area contributed by atoms with Crippen molar-refractivity contribution in [2.24, 2.45) is 0 Å². The van der Waals surface area contributed by atoms with Gasteiger partial charge >= 0.3 is 0 Å². The first-order valence-corrected chi connectivity index (χ1v) is 3.56. The molecule has 0 saturated carbocycles. The van der Waals surface area contributed by atoms with Crippen LogP contribution in [0, 0.1) is 29.1 Å². The zero-order valence-electron chi connectivity index (χ0n) is 7.34. The average Bonchev–Trinajstić information content (AvgIpc) is 2.11. The van der Waals surface area contributed by atoms with Gasteiger partial charge in [-0.1, -0.05) is 0 Å². The van der Waals surface area contributed by atoms with Crippen LogP contribution in [0.3, 0.4) is 0 Å². The van der Waals surface area contributed by atoms with Crippen LogP contribution in [0.4, 0.5) is 27.6 Å². The summed E-state index contributed by atoms with van der Waals surface area (Å²) < 4.78 is 63.4. The van der Waals surface area contributed by atoms with E-state index in [1.54, 1.807) is 0 Å². The Kier molecular flexibility index (Phi) is 2.64. The van der Waals surface area contributed by atoms with Gasteiger partial charge in [-0.05, 0) is 0 Å². The standard InChI is InChI=1S/C8H6F5N/c1-14(2)8-6(12)4(10)3(9)5(11)7(8)13/h1-2H3. The van der Waals surface area contributed by atoms with Crippen LogP contribution in [-0.2, 0) is 0 Å².